The van der Waals surface area contributed by atoms with Crippen molar-refractivity contribution in [2.24, 2.45) is 5.14 Å². The van der Waals surface area contributed by atoms with Crippen LogP contribution in [0.1, 0.15) is 17.9 Å². The smallest absolute Gasteiger partial charge is 0.238 e. The lowest BCUT2D eigenvalue weighted by molar-refractivity contribution is 0.478. The van der Waals surface area contributed by atoms with E-state index in [0.717, 1.165) is 6.42 Å². The zero-order chi connectivity index (χ0) is 12.5. The Morgan fingerprint density at radius 3 is 2.71 bits per heavy atom. The third-order valence-corrected chi connectivity index (χ3v) is 3.98. The number of rotatable bonds is 2. The van der Waals surface area contributed by atoms with E-state index in [1.165, 1.54) is 6.07 Å². The first-order valence-corrected chi connectivity index (χ1v) is 6.83. The molecule has 1 fully saturated rings. The first-order valence-electron chi connectivity index (χ1n) is 5.29. The van der Waals surface area contributed by atoms with E-state index in [1.807, 2.05) is 0 Å². The van der Waals surface area contributed by atoms with Crippen LogP contribution in [0.25, 0.3) is 0 Å². The number of nitrogens with zero attached hydrogens (tertiary/aromatic N) is 2. The van der Waals surface area contributed by atoms with Gasteiger partial charge in [0.2, 0.25) is 10.0 Å². The van der Waals surface area contributed by atoms with Crippen LogP contribution in [0.15, 0.2) is 29.2 Å². The van der Waals surface area contributed by atoms with Crippen LogP contribution >= 0.6 is 0 Å². The van der Waals surface area contributed by atoms with Crippen LogP contribution in [0.4, 0.5) is 0 Å². The molecular weight excluding hydrogens is 238 g/mol. The molecule has 0 radical (unpaired) electrons. The lowest BCUT2D eigenvalue weighted by Crippen LogP contribution is -2.17. The van der Waals surface area contributed by atoms with Crippen molar-refractivity contribution in [3.05, 3.63) is 29.8 Å². The molecule has 1 saturated heterocycles. The highest BCUT2D eigenvalue weighted by molar-refractivity contribution is 7.89. The predicted molar refractivity (Wildman–Crippen MR) is 62.4 cm³/mol. The number of hydrogen-bond acceptors (Lipinski definition) is 4. The zero-order valence-electron chi connectivity index (χ0n) is 9.20. The van der Waals surface area contributed by atoms with Crippen molar-refractivity contribution < 1.29 is 8.42 Å². The summed E-state index contributed by atoms with van der Waals surface area (Å²) >= 11 is 0. The summed E-state index contributed by atoms with van der Waals surface area (Å²) in [4.78, 5) is 1.80. The quantitative estimate of drug-likeness (QED) is 0.780. The fraction of sp³-hybridized carbons (Fsp3) is 0.364. The van der Waals surface area contributed by atoms with Gasteiger partial charge >= 0.3 is 0 Å². The minimum Gasteiger partial charge on any atom is -0.310 e. The fourth-order valence-electron chi connectivity index (χ4n) is 2.18. The molecule has 1 aromatic rings. The van der Waals surface area contributed by atoms with Crippen LogP contribution in [0, 0.1) is 11.5 Å². The van der Waals surface area contributed by atoms with Crippen molar-refractivity contribution in [2.75, 3.05) is 13.1 Å². The molecule has 5 nitrogen and oxygen atoms in total. The Morgan fingerprint density at radius 2 is 2.12 bits per heavy atom. The summed E-state index contributed by atoms with van der Waals surface area (Å²) in [6, 6.07) is 6.73. The SMILES string of the molecule is N#CN1CCC(c2ccccc2S(N)(=O)=O)C1. The van der Waals surface area contributed by atoms with Crippen LogP contribution in [0.3, 0.4) is 0 Å². The number of hydrogen-bond donors (Lipinski definition) is 1. The summed E-state index contributed by atoms with van der Waals surface area (Å²) in [7, 11) is -3.70. The van der Waals surface area contributed by atoms with E-state index >= 15 is 0 Å². The molecule has 1 aliphatic rings. The van der Waals surface area contributed by atoms with Crippen molar-refractivity contribution in [2.45, 2.75) is 17.2 Å². The van der Waals surface area contributed by atoms with Gasteiger partial charge in [-0.15, -0.1) is 0 Å². The lowest BCUT2D eigenvalue weighted by atomic mass is 9.98. The molecule has 0 spiro atoms. The average Bonchev–Trinajstić information content (AvgIpc) is 2.76. The average molecular weight is 251 g/mol. The molecule has 17 heavy (non-hydrogen) atoms. The first-order chi connectivity index (χ1) is 8.02. The molecular formula is C11H13N3O2S. The summed E-state index contributed by atoms with van der Waals surface area (Å²) in [5.41, 5.74) is 0.716. The molecule has 0 bridgehead atoms. The van der Waals surface area contributed by atoms with Gasteiger partial charge in [-0.1, -0.05) is 18.2 Å². The van der Waals surface area contributed by atoms with Gasteiger partial charge in [0, 0.05) is 19.0 Å². The highest BCUT2D eigenvalue weighted by Crippen LogP contribution is 2.30. The molecule has 2 rings (SSSR count). The van der Waals surface area contributed by atoms with E-state index < -0.39 is 10.0 Å². The minimum absolute atomic E-state index is 0.0594. The van der Waals surface area contributed by atoms with Crippen molar-refractivity contribution in [1.82, 2.24) is 4.90 Å². The second-order valence-corrected chi connectivity index (χ2v) is 5.64. The zero-order valence-corrected chi connectivity index (χ0v) is 10.0. The molecule has 90 valence electrons. The van der Waals surface area contributed by atoms with Crippen LogP contribution in [0.2, 0.25) is 0 Å². The van der Waals surface area contributed by atoms with Gasteiger partial charge in [0.15, 0.2) is 6.19 Å². The molecule has 1 aromatic carbocycles. The van der Waals surface area contributed by atoms with Crippen LogP contribution in [0.5, 0.6) is 0 Å². The van der Waals surface area contributed by atoms with Crippen LogP contribution < -0.4 is 5.14 Å². The Balaban J connectivity index is 2.38. The lowest BCUT2D eigenvalue weighted by Gasteiger charge is -2.13. The summed E-state index contributed by atoms with van der Waals surface area (Å²) in [6.45, 7) is 1.23. The third kappa shape index (κ3) is 2.40. The molecule has 1 atom stereocenters. The number of sulfonamides is 1. The summed E-state index contributed by atoms with van der Waals surface area (Å²) in [5, 5.41) is 14.0. The number of benzene rings is 1. The van der Waals surface area contributed by atoms with Crippen LogP contribution in [-0.2, 0) is 10.0 Å². The Morgan fingerprint density at radius 1 is 1.41 bits per heavy atom. The number of nitrogens with two attached hydrogens (primary N) is 1. The molecule has 0 saturated carbocycles. The molecule has 2 N–H and O–H groups in total. The highest BCUT2D eigenvalue weighted by Gasteiger charge is 2.27. The summed E-state index contributed by atoms with van der Waals surface area (Å²) in [5.74, 6) is 0.0594. The van der Waals surface area contributed by atoms with E-state index in [4.69, 9.17) is 10.4 Å². The molecule has 0 aliphatic carbocycles. The van der Waals surface area contributed by atoms with Crippen molar-refractivity contribution in [3.8, 4) is 6.19 Å². The maximum atomic E-state index is 11.5. The summed E-state index contributed by atoms with van der Waals surface area (Å²) in [6.07, 6.45) is 2.85. The number of nitriles is 1. The van der Waals surface area contributed by atoms with Gasteiger partial charge < -0.3 is 4.90 Å². The Labute approximate surface area is 101 Å². The molecule has 1 heterocycles. The molecule has 6 heteroatoms. The molecule has 1 unspecified atom stereocenters. The van der Waals surface area contributed by atoms with Gasteiger partial charge in [0.05, 0.1) is 4.90 Å². The second-order valence-electron chi connectivity index (χ2n) is 4.11. The normalized spacial score (nSPS) is 20.2. The van der Waals surface area contributed by atoms with Crippen LogP contribution in [-0.4, -0.2) is 26.4 Å². The highest BCUT2D eigenvalue weighted by atomic mass is 32.2. The van der Waals surface area contributed by atoms with Crippen molar-refractivity contribution >= 4 is 10.0 Å². The standard InChI is InChI=1S/C11H13N3O2S/c12-8-14-6-5-9(7-14)10-3-1-2-4-11(10)17(13,15)16/h1-4,9H,5-7H2,(H2,13,15,16). The number of primary sulfonamides is 1. The summed E-state index contributed by atoms with van der Waals surface area (Å²) < 4.78 is 22.9. The van der Waals surface area contributed by atoms with E-state index in [0.29, 0.717) is 18.7 Å². The molecule has 0 amide bonds. The van der Waals surface area contributed by atoms with E-state index in [1.54, 1.807) is 23.1 Å². The first kappa shape index (κ1) is 11.9. The van der Waals surface area contributed by atoms with E-state index in [9.17, 15) is 8.42 Å². The Hall–Kier alpha value is -1.58. The predicted octanol–water partition coefficient (Wildman–Crippen LogP) is 0.604. The monoisotopic (exact) mass is 251 g/mol. The molecule has 0 aromatic heterocycles. The van der Waals surface area contributed by atoms with Crippen molar-refractivity contribution in [3.63, 3.8) is 0 Å². The van der Waals surface area contributed by atoms with E-state index in [2.05, 4.69) is 6.19 Å². The van der Waals surface area contributed by atoms with E-state index in [-0.39, 0.29) is 10.8 Å². The van der Waals surface area contributed by atoms with Gasteiger partial charge in [0.1, 0.15) is 0 Å². The largest absolute Gasteiger partial charge is 0.310 e. The van der Waals surface area contributed by atoms with Gasteiger partial charge in [-0.05, 0) is 18.1 Å². The minimum atomic E-state index is -3.70. The fourth-order valence-corrected chi connectivity index (χ4v) is 3.01. The number of likely N-dealkylation sites (tertiary alicyclic amines) is 1. The maximum Gasteiger partial charge on any atom is 0.238 e. The molecule has 1 aliphatic heterocycles. The topological polar surface area (TPSA) is 87.2 Å². The van der Waals surface area contributed by atoms with Gasteiger partial charge in [-0.2, -0.15) is 5.26 Å². The van der Waals surface area contributed by atoms with Gasteiger partial charge in [-0.3, -0.25) is 0 Å². The van der Waals surface area contributed by atoms with Gasteiger partial charge in [-0.25, -0.2) is 13.6 Å². The Kier molecular flexibility index (Phi) is 3.05. The third-order valence-electron chi connectivity index (χ3n) is 3.00. The van der Waals surface area contributed by atoms with Gasteiger partial charge in [0.25, 0.3) is 0 Å². The Bertz CT molecular complexity index is 562. The van der Waals surface area contributed by atoms with Crippen molar-refractivity contribution in [1.29, 1.82) is 5.26 Å². The maximum absolute atomic E-state index is 11.5. The second kappa shape index (κ2) is 4.35.